The van der Waals surface area contributed by atoms with E-state index in [0.717, 1.165) is 17.6 Å². The van der Waals surface area contributed by atoms with Crippen LogP contribution in [0.4, 0.5) is 0 Å². The smallest absolute Gasteiger partial charge is 0.179 e. The van der Waals surface area contributed by atoms with Gasteiger partial charge in [0.05, 0.1) is 0 Å². The Morgan fingerprint density at radius 2 is 2.27 bits per heavy atom. The largest absolute Gasteiger partial charge is 0.418 e. The topological polar surface area (TPSA) is 26.3 Å². The molecule has 1 aromatic carbocycles. The first kappa shape index (κ1) is 8.27. The van der Waals surface area contributed by atoms with E-state index >= 15 is 0 Å². The maximum absolute atomic E-state index is 10.3. The van der Waals surface area contributed by atoms with Gasteiger partial charge >= 0.3 is 0 Å². The molecular formula is C8H7BrO2. The normalized spacial score (nSPS) is 9.27. The van der Waals surface area contributed by atoms with Crippen LogP contribution < -0.4 is 3.83 Å². The lowest BCUT2D eigenvalue weighted by atomic mass is 10.1. The summed E-state index contributed by atoms with van der Waals surface area (Å²) in [5.41, 5.74) is 1.60. The molecule has 0 spiro atoms. The van der Waals surface area contributed by atoms with Crippen LogP contribution in [-0.4, -0.2) is 6.29 Å². The highest BCUT2D eigenvalue weighted by atomic mass is 79.9. The molecule has 58 valence electrons. The summed E-state index contributed by atoms with van der Waals surface area (Å²) < 4.78 is 4.84. The van der Waals surface area contributed by atoms with Gasteiger partial charge in [0.15, 0.2) is 16.3 Å². The van der Waals surface area contributed by atoms with Crippen LogP contribution in [-0.2, 0) is 0 Å². The molecule has 11 heavy (non-hydrogen) atoms. The van der Waals surface area contributed by atoms with Crippen molar-refractivity contribution < 1.29 is 8.62 Å². The monoisotopic (exact) mass is 214 g/mol. The van der Waals surface area contributed by atoms with Gasteiger partial charge in [-0.2, -0.15) is 0 Å². The van der Waals surface area contributed by atoms with Crippen LogP contribution >= 0.6 is 16.3 Å². The Labute approximate surface area is 73.6 Å². The highest BCUT2D eigenvalue weighted by molar-refractivity contribution is 9.06. The van der Waals surface area contributed by atoms with Crippen LogP contribution in [0.1, 0.15) is 15.9 Å². The van der Waals surface area contributed by atoms with E-state index in [1.54, 1.807) is 18.2 Å². The first-order chi connectivity index (χ1) is 5.27. The van der Waals surface area contributed by atoms with Gasteiger partial charge in [0, 0.05) is 5.56 Å². The number of carbonyl (C=O) groups is 1. The Balaban J connectivity index is 3.09. The Bertz CT molecular complexity index is 271. The van der Waals surface area contributed by atoms with Gasteiger partial charge in [-0.3, -0.25) is 4.79 Å². The van der Waals surface area contributed by atoms with E-state index in [2.05, 4.69) is 16.3 Å². The summed E-state index contributed by atoms with van der Waals surface area (Å²) in [5, 5.41) is 0. The van der Waals surface area contributed by atoms with Crippen molar-refractivity contribution >= 4 is 22.5 Å². The molecule has 1 rings (SSSR count). The van der Waals surface area contributed by atoms with Gasteiger partial charge in [-0.15, -0.1) is 0 Å². The number of rotatable bonds is 2. The second-order valence-electron chi connectivity index (χ2n) is 2.22. The molecule has 1 aromatic rings. The van der Waals surface area contributed by atoms with E-state index in [1.807, 2.05) is 6.92 Å². The van der Waals surface area contributed by atoms with Crippen LogP contribution in [0.15, 0.2) is 18.2 Å². The van der Waals surface area contributed by atoms with Crippen LogP contribution in [0.25, 0.3) is 0 Å². The molecule has 0 atom stereocenters. The lowest BCUT2D eigenvalue weighted by Gasteiger charge is -2.00. The second-order valence-corrected chi connectivity index (χ2v) is 2.54. The Morgan fingerprint density at radius 1 is 1.55 bits per heavy atom. The van der Waals surface area contributed by atoms with Crippen LogP contribution in [0, 0.1) is 6.92 Å². The second kappa shape index (κ2) is 3.53. The van der Waals surface area contributed by atoms with E-state index in [1.165, 1.54) is 0 Å². The molecule has 0 aliphatic carbocycles. The molecule has 0 radical (unpaired) electrons. The first-order valence-corrected chi connectivity index (χ1v) is 3.77. The Morgan fingerprint density at radius 3 is 2.73 bits per heavy atom. The van der Waals surface area contributed by atoms with Crippen LogP contribution in [0.5, 0.6) is 5.75 Å². The third kappa shape index (κ3) is 1.80. The van der Waals surface area contributed by atoms with Crippen molar-refractivity contribution in [3.05, 3.63) is 29.3 Å². The van der Waals surface area contributed by atoms with Crippen LogP contribution in [0.2, 0.25) is 0 Å². The molecule has 0 unspecified atom stereocenters. The molecule has 0 aromatic heterocycles. The average molecular weight is 215 g/mol. The summed E-state index contributed by atoms with van der Waals surface area (Å²) >= 11 is 2.87. The summed E-state index contributed by atoms with van der Waals surface area (Å²) in [7, 11) is 0. The van der Waals surface area contributed by atoms with Crippen molar-refractivity contribution in [1.29, 1.82) is 0 Å². The fourth-order valence-electron chi connectivity index (χ4n) is 0.832. The quantitative estimate of drug-likeness (QED) is 0.708. The maximum Gasteiger partial charge on any atom is 0.179 e. The van der Waals surface area contributed by atoms with E-state index < -0.39 is 0 Å². The van der Waals surface area contributed by atoms with Crippen molar-refractivity contribution in [3.8, 4) is 5.75 Å². The van der Waals surface area contributed by atoms with E-state index in [0.29, 0.717) is 5.56 Å². The van der Waals surface area contributed by atoms with Crippen molar-refractivity contribution in [2.45, 2.75) is 6.92 Å². The number of carbonyl (C=O) groups excluding carboxylic acids is 1. The summed E-state index contributed by atoms with van der Waals surface area (Å²) in [6.45, 7) is 1.88. The van der Waals surface area contributed by atoms with Crippen LogP contribution in [0.3, 0.4) is 0 Å². The molecule has 0 bridgehead atoms. The van der Waals surface area contributed by atoms with Crippen molar-refractivity contribution in [3.63, 3.8) is 0 Å². The predicted octanol–water partition coefficient (Wildman–Crippen LogP) is 2.50. The van der Waals surface area contributed by atoms with Gasteiger partial charge in [-0.1, -0.05) is 0 Å². The van der Waals surface area contributed by atoms with Crippen molar-refractivity contribution in [2.24, 2.45) is 0 Å². The minimum atomic E-state index is 0.663. The predicted molar refractivity (Wildman–Crippen MR) is 46.1 cm³/mol. The fraction of sp³-hybridized carbons (Fsp3) is 0.125. The van der Waals surface area contributed by atoms with E-state index in [9.17, 15) is 4.79 Å². The number of halogens is 1. The molecular weight excluding hydrogens is 208 g/mol. The fourth-order valence-corrected chi connectivity index (χ4v) is 1.20. The van der Waals surface area contributed by atoms with Gasteiger partial charge in [-0.25, -0.2) is 0 Å². The van der Waals surface area contributed by atoms with Crippen molar-refractivity contribution in [2.75, 3.05) is 0 Å². The molecule has 0 fully saturated rings. The summed E-state index contributed by atoms with van der Waals surface area (Å²) in [5.74, 6) is 0.732. The molecule has 0 amide bonds. The Kier molecular flexibility index (Phi) is 2.65. The number of aryl methyl sites for hydroxylation is 1. The van der Waals surface area contributed by atoms with E-state index in [-0.39, 0.29) is 0 Å². The molecule has 0 aliphatic rings. The van der Waals surface area contributed by atoms with Crippen molar-refractivity contribution in [1.82, 2.24) is 0 Å². The molecule has 0 aliphatic heterocycles. The Hall–Kier alpha value is -0.830. The zero-order valence-corrected chi connectivity index (χ0v) is 7.59. The highest BCUT2D eigenvalue weighted by Crippen LogP contribution is 2.19. The average Bonchev–Trinajstić information content (AvgIpc) is 2.04. The first-order valence-electron chi connectivity index (χ1n) is 3.12. The van der Waals surface area contributed by atoms with Gasteiger partial charge in [-0.05, 0) is 30.7 Å². The maximum atomic E-state index is 10.3. The van der Waals surface area contributed by atoms with Gasteiger partial charge in [0.1, 0.15) is 12.0 Å². The summed E-state index contributed by atoms with van der Waals surface area (Å²) in [6.07, 6.45) is 0.811. The third-order valence-corrected chi connectivity index (χ3v) is 1.77. The molecule has 0 saturated heterocycles. The number of aldehydes is 1. The molecule has 2 nitrogen and oxygen atoms in total. The highest BCUT2D eigenvalue weighted by Gasteiger charge is 1.98. The lowest BCUT2D eigenvalue weighted by molar-refractivity contribution is 0.112. The van der Waals surface area contributed by atoms with E-state index in [4.69, 9.17) is 3.83 Å². The number of hydrogen-bond donors (Lipinski definition) is 0. The molecule has 0 heterocycles. The third-order valence-electron chi connectivity index (χ3n) is 1.42. The zero-order chi connectivity index (χ0) is 8.27. The minimum Gasteiger partial charge on any atom is -0.418 e. The van der Waals surface area contributed by atoms with Gasteiger partial charge < -0.3 is 3.83 Å². The number of hydrogen-bond acceptors (Lipinski definition) is 2. The SMILES string of the molecule is Cc1cc(C=O)ccc1OBr. The zero-order valence-electron chi connectivity index (χ0n) is 6.00. The summed E-state index contributed by atoms with van der Waals surface area (Å²) in [6, 6.07) is 5.22. The standard InChI is InChI=1S/C8H7BrO2/c1-6-4-7(5-10)2-3-8(6)11-9/h2-5H,1H3. The number of benzene rings is 1. The molecule has 0 saturated carbocycles. The lowest BCUT2D eigenvalue weighted by Crippen LogP contribution is -1.84. The van der Waals surface area contributed by atoms with Gasteiger partial charge in [0.25, 0.3) is 0 Å². The summed E-state index contributed by atoms with van der Waals surface area (Å²) in [4.78, 5) is 10.3. The molecule has 0 N–H and O–H groups in total. The van der Waals surface area contributed by atoms with Gasteiger partial charge in [0.2, 0.25) is 0 Å². The minimum absolute atomic E-state index is 0.663. The molecule has 3 heteroatoms.